The van der Waals surface area contributed by atoms with Gasteiger partial charge in [0.05, 0.1) is 24.2 Å². The van der Waals surface area contributed by atoms with Gasteiger partial charge >= 0.3 is 0 Å². The van der Waals surface area contributed by atoms with Crippen LogP contribution in [-0.4, -0.2) is 32.8 Å². The lowest BCUT2D eigenvalue weighted by molar-refractivity contribution is -0.129. The zero-order valence-corrected chi connectivity index (χ0v) is 18.2. The minimum atomic E-state index is -0.177. The van der Waals surface area contributed by atoms with Gasteiger partial charge in [0.25, 0.3) is 5.56 Å². The molecule has 0 aliphatic rings. The molecule has 30 heavy (non-hydrogen) atoms. The summed E-state index contributed by atoms with van der Waals surface area (Å²) in [4.78, 5) is 37.9. The molecule has 0 aliphatic carbocycles. The Labute approximate surface area is 181 Å². The van der Waals surface area contributed by atoms with Gasteiger partial charge in [-0.05, 0) is 30.5 Å². The molecule has 0 saturated heterocycles. The maximum atomic E-state index is 12.6. The summed E-state index contributed by atoms with van der Waals surface area (Å²) < 4.78 is 6.34. The fourth-order valence-corrected chi connectivity index (χ4v) is 4.31. The number of thiazole rings is 1. The topological polar surface area (TPSA) is 88.2 Å². The van der Waals surface area contributed by atoms with Crippen LogP contribution >= 0.6 is 22.7 Å². The molecule has 0 spiro atoms. The molecule has 3 heterocycles. The highest BCUT2D eigenvalue weighted by atomic mass is 32.1. The number of benzene rings is 1. The van der Waals surface area contributed by atoms with E-state index in [1.54, 1.807) is 13.1 Å². The van der Waals surface area contributed by atoms with Crippen LogP contribution in [0.15, 0.2) is 45.9 Å². The third-order valence-corrected chi connectivity index (χ3v) is 6.27. The number of amides is 1. The molecule has 0 radical (unpaired) electrons. The van der Waals surface area contributed by atoms with Crippen LogP contribution in [0.1, 0.15) is 22.1 Å². The number of hydrogen-bond acceptors (Lipinski definition) is 7. The summed E-state index contributed by atoms with van der Waals surface area (Å²) in [5.74, 6) is 1.16. The molecule has 0 bridgehead atoms. The number of fused-ring (bicyclic) bond motifs is 1. The number of thiophene rings is 1. The van der Waals surface area contributed by atoms with Gasteiger partial charge in [-0.2, -0.15) is 0 Å². The fraction of sp³-hybridized carbons (Fsp3) is 0.238. The number of H-pyrrole nitrogens is 1. The Hall–Kier alpha value is -3.04. The van der Waals surface area contributed by atoms with Gasteiger partial charge in [0.2, 0.25) is 5.91 Å². The number of nitrogens with one attached hydrogen (secondary N) is 1. The highest BCUT2D eigenvalue weighted by molar-refractivity contribution is 7.17. The van der Waals surface area contributed by atoms with E-state index < -0.39 is 0 Å². The zero-order valence-electron chi connectivity index (χ0n) is 16.5. The Bertz CT molecular complexity index is 1230. The molecule has 1 N–H and O–H groups in total. The summed E-state index contributed by atoms with van der Waals surface area (Å²) in [6.45, 7) is 2.62. The van der Waals surface area contributed by atoms with Crippen LogP contribution in [0.2, 0.25) is 0 Å². The maximum absolute atomic E-state index is 12.6. The standard InChI is InChI=1S/C21H20N4O3S2/c1-13-3-5-15(6-4-13)28-11-18-22-14(12-30-18)9-19(26)25(2)10-17-23-16-7-8-29-20(16)21(27)24-17/h3-8,12H,9-11H2,1-2H3,(H,23,24,27). The summed E-state index contributed by atoms with van der Waals surface area (Å²) >= 11 is 2.82. The normalized spacial score (nSPS) is 11.0. The maximum Gasteiger partial charge on any atom is 0.268 e. The van der Waals surface area contributed by atoms with Crippen molar-refractivity contribution in [2.24, 2.45) is 0 Å². The number of hydrogen-bond donors (Lipinski definition) is 1. The number of ether oxygens (including phenoxy) is 1. The highest BCUT2D eigenvalue weighted by Gasteiger charge is 2.15. The van der Waals surface area contributed by atoms with Crippen LogP contribution in [0.3, 0.4) is 0 Å². The molecule has 1 amide bonds. The van der Waals surface area contributed by atoms with Crippen molar-refractivity contribution in [3.05, 3.63) is 73.5 Å². The number of aromatic amines is 1. The summed E-state index contributed by atoms with van der Waals surface area (Å²) in [5, 5.41) is 4.51. The Kier molecular flexibility index (Phi) is 5.91. The Morgan fingerprint density at radius 2 is 1.97 bits per heavy atom. The molecule has 0 unspecified atom stereocenters. The molecular weight excluding hydrogens is 420 g/mol. The molecular formula is C21H20N4O3S2. The number of aromatic nitrogens is 3. The lowest BCUT2D eigenvalue weighted by Gasteiger charge is -2.15. The zero-order chi connectivity index (χ0) is 21.1. The van der Waals surface area contributed by atoms with E-state index in [0.29, 0.717) is 28.3 Å². The second-order valence-electron chi connectivity index (χ2n) is 6.91. The van der Waals surface area contributed by atoms with Gasteiger partial charge in [0, 0.05) is 12.4 Å². The van der Waals surface area contributed by atoms with Crippen molar-refractivity contribution < 1.29 is 9.53 Å². The summed E-state index contributed by atoms with van der Waals surface area (Å²) in [6.07, 6.45) is 0.183. The number of likely N-dealkylation sites (N-methyl/N-ethyl adjacent to an activating group) is 1. The summed E-state index contributed by atoms with van der Waals surface area (Å²) in [6, 6.07) is 9.64. The molecule has 7 nitrogen and oxygen atoms in total. The van der Waals surface area contributed by atoms with Crippen LogP contribution < -0.4 is 10.3 Å². The first-order valence-electron chi connectivity index (χ1n) is 9.31. The molecule has 4 aromatic rings. The van der Waals surface area contributed by atoms with Crippen LogP contribution in [0.5, 0.6) is 5.75 Å². The molecule has 9 heteroatoms. The predicted molar refractivity (Wildman–Crippen MR) is 118 cm³/mol. The minimum absolute atomic E-state index is 0.0978. The largest absolute Gasteiger partial charge is 0.486 e. The molecule has 0 aliphatic heterocycles. The van der Waals surface area contributed by atoms with Crippen molar-refractivity contribution >= 4 is 38.8 Å². The SMILES string of the molecule is Cc1ccc(OCc2nc(CC(=O)N(C)Cc3nc4ccsc4c(=O)[nH]3)cs2)cc1. The smallest absolute Gasteiger partial charge is 0.268 e. The van der Waals surface area contributed by atoms with E-state index in [1.807, 2.05) is 41.9 Å². The lowest BCUT2D eigenvalue weighted by Crippen LogP contribution is -2.29. The van der Waals surface area contributed by atoms with Crippen molar-refractivity contribution in [3.63, 3.8) is 0 Å². The Balaban J connectivity index is 1.33. The van der Waals surface area contributed by atoms with E-state index >= 15 is 0 Å². The van der Waals surface area contributed by atoms with Gasteiger partial charge in [0.1, 0.15) is 27.9 Å². The van der Waals surface area contributed by atoms with E-state index in [0.717, 1.165) is 10.8 Å². The summed E-state index contributed by atoms with van der Waals surface area (Å²) in [5.41, 5.74) is 2.35. The molecule has 0 atom stereocenters. The number of nitrogens with zero attached hydrogens (tertiary/aromatic N) is 3. The molecule has 3 aromatic heterocycles. The number of carbonyl (C=O) groups is 1. The van der Waals surface area contributed by atoms with Crippen molar-refractivity contribution in [1.82, 2.24) is 19.9 Å². The fourth-order valence-electron chi connectivity index (χ4n) is 2.88. The number of rotatable bonds is 7. The Morgan fingerprint density at radius 3 is 2.77 bits per heavy atom. The van der Waals surface area contributed by atoms with Gasteiger partial charge in [-0.3, -0.25) is 9.59 Å². The van der Waals surface area contributed by atoms with E-state index in [2.05, 4.69) is 15.0 Å². The van der Waals surface area contributed by atoms with E-state index in [-0.39, 0.29) is 24.4 Å². The third-order valence-electron chi connectivity index (χ3n) is 4.49. The lowest BCUT2D eigenvalue weighted by atomic mass is 10.2. The van der Waals surface area contributed by atoms with E-state index in [9.17, 15) is 9.59 Å². The predicted octanol–water partition coefficient (Wildman–Crippen LogP) is 3.53. The monoisotopic (exact) mass is 440 g/mol. The van der Waals surface area contributed by atoms with Gasteiger partial charge in [-0.25, -0.2) is 9.97 Å². The van der Waals surface area contributed by atoms with Crippen molar-refractivity contribution in [3.8, 4) is 5.75 Å². The molecule has 154 valence electrons. The van der Waals surface area contributed by atoms with Crippen LogP contribution in [0.25, 0.3) is 10.2 Å². The average molecular weight is 441 g/mol. The van der Waals surface area contributed by atoms with Crippen molar-refractivity contribution in [2.75, 3.05) is 7.05 Å². The van der Waals surface area contributed by atoms with Gasteiger partial charge in [-0.15, -0.1) is 22.7 Å². The second-order valence-corrected chi connectivity index (χ2v) is 8.77. The second kappa shape index (κ2) is 8.76. The molecule has 0 fully saturated rings. The molecule has 1 aromatic carbocycles. The highest BCUT2D eigenvalue weighted by Crippen LogP contribution is 2.17. The Morgan fingerprint density at radius 1 is 1.17 bits per heavy atom. The molecule has 0 saturated carbocycles. The van der Waals surface area contributed by atoms with E-state index in [4.69, 9.17) is 4.74 Å². The average Bonchev–Trinajstić information content (AvgIpc) is 3.37. The number of carbonyl (C=O) groups excluding carboxylic acids is 1. The third kappa shape index (κ3) is 4.74. The van der Waals surface area contributed by atoms with Crippen molar-refractivity contribution in [1.29, 1.82) is 0 Å². The van der Waals surface area contributed by atoms with Crippen LogP contribution in [-0.2, 0) is 24.4 Å². The van der Waals surface area contributed by atoms with Crippen molar-refractivity contribution in [2.45, 2.75) is 26.5 Å². The van der Waals surface area contributed by atoms with Gasteiger partial charge in [0.15, 0.2) is 0 Å². The first kappa shape index (κ1) is 20.2. The van der Waals surface area contributed by atoms with E-state index in [1.165, 1.54) is 33.1 Å². The van der Waals surface area contributed by atoms with Crippen LogP contribution in [0, 0.1) is 6.92 Å². The number of aryl methyl sites for hydroxylation is 1. The van der Waals surface area contributed by atoms with Crippen LogP contribution in [0.4, 0.5) is 0 Å². The first-order chi connectivity index (χ1) is 14.5. The first-order valence-corrected chi connectivity index (χ1v) is 11.1. The van der Waals surface area contributed by atoms with Gasteiger partial charge in [-0.1, -0.05) is 17.7 Å². The minimum Gasteiger partial charge on any atom is -0.486 e. The molecule has 4 rings (SSSR count). The van der Waals surface area contributed by atoms with Gasteiger partial charge < -0.3 is 14.6 Å². The quantitative estimate of drug-likeness (QED) is 0.475. The summed E-state index contributed by atoms with van der Waals surface area (Å²) in [7, 11) is 1.69.